The lowest BCUT2D eigenvalue weighted by atomic mass is 9.71. The Kier molecular flexibility index (Phi) is 9.56. The van der Waals surface area contributed by atoms with Gasteiger partial charge in [-0.25, -0.2) is 0 Å². The highest BCUT2D eigenvalue weighted by molar-refractivity contribution is 9.09. The predicted molar refractivity (Wildman–Crippen MR) is 159 cm³/mol. The molecule has 1 spiro atoms. The first-order chi connectivity index (χ1) is 18.6. The van der Waals surface area contributed by atoms with E-state index in [0.29, 0.717) is 23.6 Å². The molecule has 212 valence electrons. The van der Waals surface area contributed by atoms with Gasteiger partial charge in [0.05, 0.1) is 35.8 Å². The second-order valence-corrected chi connectivity index (χ2v) is 13.9. The minimum atomic E-state index is -0.876. The van der Waals surface area contributed by atoms with Crippen molar-refractivity contribution in [1.29, 1.82) is 0 Å². The van der Waals surface area contributed by atoms with Gasteiger partial charge in [0.25, 0.3) is 5.91 Å². The fourth-order valence-corrected chi connectivity index (χ4v) is 10.0. The molecule has 3 aliphatic rings. The van der Waals surface area contributed by atoms with E-state index in [4.69, 9.17) is 16.3 Å². The molecular formula is C29H36BrClN2O5S. The molecule has 3 aliphatic heterocycles. The standard InChI is InChI=1S/C29H36BrClN2O5S/c1-5-7-8-14-38-28(37)22-23-26(35)33(21(16-34)17(3)4)25(29(23)15-20(30)24(22)39-29)27(36)32(13-6-2)19-11-9-18(31)10-12-19/h5-6,9-12,17,20-25,34H,1-2,7-8,13-16H2,3-4H3/t20?,21-,22-,23-,24-,25?,29?/m0/s1. The summed E-state index contributed by atoms with van der Waals surface area (Å²) >= 11 is 11.4. The summed E-state index contributed by atoms with van der Waals surface area (Å²) in [7, 11) is 0. The molecule has 1 N–H and O–H groups in total. The number of carbonyl (C=O) groups is 3. The first kappa shape index (κ1) is 30.2. The average Bonchev–Trinajstić information content (AvgIpc) is 3.49. The SMILES string of the molecule is C=CCCCOC(=O)[C@H]1[C@H]2C(=O)N([C@@H](CO)C(C)C)C(C(=O)N(CC=C)c3ccc(Cl)cc3)C23CC(Br)[C@@H]1S3. The number of amides is 2. The second-order valence-electron chi connectivity index (χ2n) is 10.7. The molecule has 2 bridgehead atoms. The van der Waals surface area contributed by atoms with Crippen molar-refractivity contribution in [3.8, 4) is 0 Å². The van der Waals surface area contributed by atoms with Crippen LogP contribution >= 0.6 is 39.3 Å². The van der Waals surface area contributed by atoms with E-state index < -0.39 is 34.6 Å². The van der Waals surface area contributed by atoms with Crippen molar-refractivity contribution in [2.75, 3.05) is 24.7 Å². The lowest BCUT2D eigenvalue weighted by Gasteiger charge is -2.40. The van der Waals surface area contributed by atoms with Crippen molar-refractivity contribution >= 4 is 62.8 Å². The van der Waals surface area contributed by atoms with Crippen molar-refractivity contribution in [3.63, 3.8) is 0 Å². The van der Waals surface area contributed by atoms with E-state index in [-0.39, 0.29) is 47.6 Å². The van der Waals surface area contributed by atoms with Gasteiger partial charge < -0.3 is 19.6 Å². The van der Waals surface area contributed by atoms with E-state index in [1.54, 1.807) is 58.0 Å². The molecule has 39 heavy (non-hydrogen) atoms. The molecule has 3 unspecified atom stereocenters. The molecule has 0 aliphatic carbocycles. The Morgan fingerprint density at radius 2 is 2.00 bits per heavy atom. The summed E-state index contributed by atoms with van der Waals surface area (Å²) in [5.74, 6) is -2.44. The highest BCUT2D eigenvalue weighted by atomic mass is 79.9. The summed E-state index contributed by atoms with van der Waals surface area (Å²) < 4.78 is 4.81. The van der Waals surface area contributed by atoms with Crippen molar-refractivity contribution in [1.82, 2.24) is 4.90 Å². The van der Waals surface area contributed by atoms with Gasteiger partial charge in [-0.15, -0.1) is 24.9 Å². The molecule has 0 aromatic heterocycles. The van der Waals surface area contributed by atoms with Gasteiger partial charge in [-0.05, 0) is 49.4 Å². The van der Waals surface area contributed by atoms with Crippen molar-refractivity contribution in [2.24, 2.45) is 17.8 Å². The van der Waals surface area contributed by atoms with Gasteiger partial charge in [0.2, 0.25) is 5.91 Å². The largest absolute Gasteiger partial charge is 0.465 e. The number of anilines is 1. The van der Waals surface area contributed by atoms with Crippen LogP contribution in [0.1, 0.15) is 33.1 Å². The summed E-state index contributed by atoms with van der Waals surface area (Å²) in [6.45, 7) is 11.6. The molecule has 3 fully saturated rings. The third-order valence-electron chi connectivity index (χ3n) is 8.06. The Bertz CT molecular complexity index is 1120. The second kappa shape index (κ2) is 12.4. The highest BCUT2D eigenvalue weighted by Crippen LogP contribution is 2.68. The Morgan fingerprint density at radius 3 is 2.59 bits per heavy atom. The van der Waals surface area contributed by atoms with E-state index in [1.807, 2.05) is 13.8 Å². The van der Waals surface area contributed by atoms with Crippen LogP contribution in [0.2, 0.25) is 5.02 Å². The van der Waals surface area contributed by atoms with Gasteiger partial charge in [0.1, 0.15) is 6.04 Å². The Hall–Kier alpha value is -1.81. The number of aliphatic hydroxyl groups excluding tert-OH is 1. The van der Waals surface area contributed by atoms with Gasteiger partial charge in [-0.3, -0.25) is 14.4 Å². The molecular weight excluding hydrogens is 604 g/mol. The molecule has 3 heterocycles. The molecule has 7 nitrogen and oxygen atoms in total. The number of aliphatic hydroxyl groups is 1. The number of likely N-dealkylation sites (tertiary alicyclic amines) is 1. The van der Waals surface area contributed by atoms with Crippen molar-refractivity contribution in [2.45, 2.75) is 60.0 Å². The van der Waals surface area contributed by atoms with Crippen LogP contribution in [0.25, 0.3) is 0 Å². The normalized spacial score (nSPS) is 29.8. The van der Waals surface area contributed by atoms with Crippen LogP contribution in [0.4, 0.5) is 5.69 Å². The number of hydrogen-bond donors (Lipinski definition) is 1. The lowest BCUT2D eigenvalue weighted by Crippen LogP contribution is -2.59. The summed E-state index contributed by atoms with van der Waals surface area (Å²) in [5.41, 5.74) is 0.632. The number of thioether (sulfide) groups is 1. The summed E-state index contributed by atoms with van der Waals surface area (Å²) in [4.78, 5) is 45.5. The van der Waals surface area contributed by atoms with Crippen LogP contribution in [0.5, 0.6) is 0 Å². The number of unbranched alkanes of at least 4 members (excludes halogenated alkanes) is 1. The zero-order valence-electron chi connectivity index (χ0n) is 22.3. The maximum absolute atomic E-state index is 14.6. The average molecular weight is 640 g/mol. The number of halogens is 2. The van der Waals surface area contributed by atoms with Gasteiger partial charge in [0, 0.05) is 27.3 Å². The Balaban J connectivity index is 1.78. The zero-order chi connectivity index (χ0) is 28.5. The number of hydrogen-bond acceptors (Lipinski definition) is 6. The maximum atomic E-state index is 14.6. The third kappa shape index (κ3) is 5.32. The fraction of sp³-hybridized carbons (Fsp3) is 0.552. The number of carbonyl (C=O) groups excluding carboxylic acids is 3. The molecule has 3 saturated heterocycles. The van der Waals surface area contributed by atoms with Crippen molar-refractivity contribution in [3.05, 3.63) is 54.6 Å². The van der Waals surface area contributed by atoms with E-state index in [0.717, 1.165) is 6.42 Å². The van der Waals surface area contributed by atoms with E-state index in [9.17, 15) is 19.5 Å². The third-order valence-corrected chi connectivity index (χ3v) is 11.5. The maximum Gasteiger partial charge on any atom is 0.310 e. The van der Waals surface area contributed by atoms with E-state index >= 15 is 0 Å². The van der Waals surface area contributed by atoms with E-state index in [2.05, 4.69) is 29.1 Å². The summed E-state index contributed by atoms with van der Waals surface area (Å²) in [5, 5.41) is 10.8. The molecule has 1 aromatic carbocycles. The minimum absolute atomic E-state index is 0.0671. The highest BCUT2D eigenvalue weighted by Gasteiger charge is 2.76. The quantitative estimate of drug-likeness (QED) is 0.152. The fourth-order valence-electron chi connectivity index (χ4n) is 6.31. The van der Waals surface area contributed by atoms with Crippen LogP contribution in [-0.4, -0.2) is 74.5 Å². The molecule has 0 radical (unpaired) electrons. The van der Waals surface area contributed by atoms with E-state index in [1.165, 1.54) is 0 Å². The monoisotopic (exact) mass is 638 g/mol. The molecule has 4 rings (SSSR count). The lowest BCUT2D eigenvalue weighted by molar-refractivity contribution is -0.154. The molecule has 7 atom stereocenters. The number of benzene rings is 1. The topological polar surface area (TPSA) is 87.1 Å². The minimum Gasteiger partial charge on any atom is -0.465 e. The number of allylic oxidation sites excluding steroid dienone is 1. The number of alkyl halides is 1. The van der Waals surface area contributed by atoms with Crippen LogP contribution in [0, 0.1) is 17.8 Å². The zero-order valence-corrected chi connectivity index (χ0v) is 25.5. The van der Waals surface area contributed by atoms with Gasteiger partial charge >= 0.3 is 5.97 Å². The van der Waals surface area contributed by atoms with Crippen LogP contribution < -0.4 is 4.90 Å². The van der Waals surface area contributed by atoms with Crippen LogP contribution in [0.15, 0.2) is 49.6 Å². The summed E-state index contributed by atoms with van der Waals surface area (Å²) in [6.07, 6.45) is 5.35. The first-order valence-corrected chi connectivity index (χ1v) is 15.5. The van der Waals surface area contributed by atoms with Crippen LogP contribution in [-0.2, 0) is 19.1 Å². The number of nitrogens with zero attached hydrogens (tertiary/aromatic N) is 2. The molecule has 10 heteroatoms. The Morgan fingerprint density at radius 1 is 1.31 bits per heavy atom. The predicted octanol–water partition coefficient (Wildman–Crippen LogP) is 4.85. The molecule has 0 saturated carbocycles. The number of rotatable bonds is 12. The van der Waals surface area contributed by atoms with Gasteiger partial charge in [0.15, 0.2) is 0 Å². The number of esters is 1. The molecule has 1 aromatic rings. The van der Waals surface area contributed by atoms with Crippen molar-refractivity contribution < 1.29 is 24.2 Å². The smallest absolute Gasteiger partial charge is 0.310 e. The van der Waals surface area contributed by atoms with Gasteiger partial charge in [-0.2, -0.15) is 0 Å². The first-order valence-electron chi connectivity index (χ1n) is 13.3. The Labute approximate surface area is 248 Å². The van der Waals surface area contributed by atoms with Crippen LogP contribution in [0.3, 0.4) is 0 Å². The molecule has 2 amide bonds. The number of ether oxygens (including phenoxy) is 1. The number of fused-ring (bicyclic) bond motifs is 1. The summed E-state index contributed by atoms with van der Waals surface area (Å²) in [6, 6.07) is 5.50. The van der Waals surface area contributed by atoms with Gasteiger partial charge in [-0.1, -0.05) is 53.5 Å².